The second kappa shape index (κ2) is 7.56. The van der Waals surface area contributed by atoms with Gasteiger partial charge in [-0.05, 0) is 30.2 Å². The summed E-state index contributed by atoms with van der Waals surface area (Å²) in [6.07, 6.45) is 1.01. The fraction of sp³-hybridized carbons (Fsp3) is 0.294. The lowest BCUT2D eigenvalue weighted by Gasteiger charge is -2.09. The molecule has 2 aromatic rings. The van der Waals surface area contributed by atoms with Gasteiger partial charge in [-0.15, -0.1) is 0 Å². The molecule has 0 atom stereocenters. The van der Waals surface area contributed by atoms with Gasteiger partial charge in [0.2, 0.25) is 0 Å². The molecule has 0 saturated carbocycles. The van der Waals surface area contributed by atoms with E-state index in [1.807, 2.05) is 36.4 Å². The van der Waals surface area contributed by atoms with Crippen molar-refractivity contribution in [2.24, 2.45) is 0 Å². The lowest BCUT2D eigenvalue weighted by molar-refractivity contribution is 0.317. The molecule has 2 N–H and O–H groups in total. The molecular weight excluding hydrogens is 250 g/mol. The fourth-order valence-electron chi connectivity index (χ4n) is 1.97. The van der Waals surface area contributed by atoms with Crippen LogP contribution in [0.2, 0.25) is 0 Å². The standard InChI is InChI=1S/C17H21NO2/c1-2-10-20-16-8-5-6-14(11-16)12-18-13-15-7-3-4-9-17(15)19/h3-9,11,18-19H,2,10,12-13H2,1H3. The van der Waals surface area contributed by atoms with E-state index < -0.39 is 0 Å². The third-order valence-corrected chi connectivity index (χ3v) is 3.01. The molecule has 3 nitrogen and oxygen atoms in total. The van der Waals surface area contributed by atoms with E-state index in [0.717, 1.165) is 30.9 Å². The van der Waals surface area contributed by atoms with Gasteiger partial charge in [0, 0.05) is 18.7 Å². The van der Waals surface area contributed by atoms with Gasteiger partial charge in [-0.25, -0.2) is 0 Å². The molecule has 0 aliphatic carbocycles. The van der Waals surface area contributed by atoms with Crippen LogP contribution in [0.1, 0.15) is 24.5 Å². The van der Waals surface area contributed by atoms with Crippen molar-refractivity contribution in [2.75, 3.05) is 6.61 Å². The average molecular weight is 271 g/mol. The maximum atomic E-state index is 9.69. The molecule has 0 aromatic heterocycles. The van der Waals surface area contributed by atoms with Gasteiger partial charge in [-0.1, -0.05) is 37.3 Å². The van der Waals surface area contributed by atoms with E-state index >= 15 is 0 Å². The summed E-state index contributed by atoms with van der Waals surface area (Å²) in [7, 11) is 0. The van der Waals surface area contributed by atoms with Crippen molar-refractivity contribution < 1.29 is 9.84 Å². The Hall–Kier alpha value is -2.00. The molecule has 0 bridgehead atoms. The molecule has 0 aliphatic rings. The largest absolute Gasteiger partial charge is 0.508 e. The van der Waals surface area contributed by atoms with Crippen molar-refractivity contribution in [3.63, 3.8) is 0 Å². The van der Waals surface area contributed by atoms with Crippen LogP contribution >= 0.6 is 0 Å². The van der Waals surface area contributed by atoms with Crippen LogP contribution in [-0.4, -0.2) is 11.7 Å². The van der Waals surface area contributed by atoms with Gasteiger partial charge in [0.25, 0.3) is 0 Å². The summed E-state index contributed by atoms with van der Waals surface area (Å²) >= 11 is 0. The predicted molar refractivity (Wildman–Crippen MR) is 80.9 cm³/mol. The van der Waals surface area contributed by atoms with Crippen LogP contribution in [0.25, 0.3) is 0 Å². The summed E-state index contributed by atoms with van der Waals surface area (Å²) in [6, 6.07) is 15.5. The lowest BCUT2D eigenvalue weighted by Crippen LogP contribution is -2.12. The van der Waals surface area contributed by atoms with Crippen molar-refractivity contribution in [3.05, 3.63) is 59.7 Å². The van der Waals surface area contributed by atoms with Crippen LogP contribution in [0.4, 0.5) is 0 Å². The zero-order valence-corrected chi connectivity index (χ0v) is 11.8. The summed E-state index contributed by atoms with van der Waals surface area (Å²) in [5, 5.41) is 13.0. The molecule has 3 heteroatoms. The number of ether oxygens (including phenoxy) is 1. The molecule has 0 radical (unpaired) electrons. The normalized spacial score (nSPS) is 10.4. The van der Waals surface area contributed by atoms with E-state index in [4.69, 9.17) is 4.74 Å². The zero-order valence-electron chi connectivity index (χ0n) is 11.8. The number of aromatic hydroxyl groups is 1. The van der Waals surface area contributed by atoms with E-state index in [0.29, 0.717) is 12.3 Å². The van der Waals surface area contributed by atoms with Crippen molar-refractivity contribution in [3.8, 4) is 11.5 Å². The Kier molecular flexibility index (Phi) is 5.44. The van der Waals surface area contributed by atoms with Crippen LogP contribution in [0, 0.1) is 0 Å². The Balaban J connectivity index is 1.86. The Morgan fingerprint density at radius 3 is 2.70 bits per heavy atom. The van der Waals surface area contributed by atoms with Gasteiger partial charge in [0.1, 0.15) is 11.5 Å². The van der Waals surface area contributed by atoms with Gasteiger partial charge in [0.05, 0.1) is 6.61 Å². The molecule has 106 valence electrons. The van der Waals surface area contributed by atoms with E-state index in [1.54, 1.807) is 6.07 Å². The third kappa shape index (κ3) is 4.28. The summed E-state index contributed by atoms with van der Waals surface area (Å²) in [6.45, 7) is 4.23. The number of phenols is 1. The highest BCUT2D eigenvalue weighted by Crippen LogP contribution is 2.16. The molecule has 0 spiro atoms. The van der Waals surface area contributed by atoms with Crippen molar-refractivity contribution in [2.45, 2.75) is 26.4 Å². The molecule has 0 aliphatic heterocycles. The summed E-state index contributed by atoms with van der Waals surface area (Å²) in [5.41, 5.74) is 2.08. The predicted octanol–water partition coefficient (Wildman–Crippen LogP) is 3.47. The van der Waals surface area contributed by atoms with Gasteiger partial charge in [0.15, 0.2) is 0 Å². The number of nitrogens with one attached hydrogen (secondary N) is 1. The van der Waals surface area contributed by atoms with E-state index in [-0.39, 0.29) is 0 Å². The first-order valence-corrected chi connectivity index (χ1v) is 6.99. The number of hydrogen-bond acceptors (Lipinski definition) is 3. The maximum Gasteiger partial charge on any atom is 0.120 e. The molecule has 2 rings (SSSR count). The first-order valence-electron chi connectivity index (χ1n) is 6.99. The minimum Gasteiger partial charge on any atom is -0.508 e. The van der Waals surface area contributed by atoms with Crippen LogP contribution in [0.3, 0.4) is 0 Å². The second-order valence-corrected chi connectivity index (χ2v) is 4.73. The Morgan fingerprint density at radius 2 is 1.90 bits per heavy atom. The monoisotopic (exact) mass is 271 g/mol. The first-order chi connectivity index (χ1) is 9.79. The van der Waals surface area contributed by atoms with Crippen LogP contribution in [0.15, 0.2) is 48.5 Å². The second-order valence-electron chi connectivity index (χ2n) is 4.73. The minimum atomic E-state index is 0.333. The van der Waals surface area contributed by atoms with Crippen molar-refractivity contribution in [1.29, 1.82) is 0 Å². The maximum absolute atomic E-state index is 9.69. The quantitative estimate of drug-likeness (QED) is 0.810. The van der Waals surface area contributed by atoms with E-state index in [1.165, 1.54) is 5.56 Å². The van der Waals surface area contributed by atoms with Crippen LogP contribution in [0.5, 0.6) is 11.5 Å². The molecule has 0 amide bonds. The summed E-state index contributed by atoms with van der Waals surface area (Å²) < 4.78 is 5.61. The molecule has 0 saturated heterocycles. The molecular formula is C17H21NO2. The molecule has 0 heterocycles. The van der Waals surface area contributed by atoms with Crippen LogP contribution < -0.4 is 10.1 Å². The van der Waals surface area contributed by atoms with Gasteiger partial charge >= 0.3 is 0 Å². The number of para-hydroxylation sites is 1. The van der Waals surface area contributed by atoms with Gasteiger partial charge in [-0.3, -0.25) is 0 Å². The minimum absolute atomic E-state index is 0.333. The smallest absolute Gasteiger partial charge is 0.120 e. The van der Waals surface area contributed by atoms with Crippen LogP contribution in [-0.2, 0) is 13.1 Å². The molecule has 0 unspecified atom stereocenters. The Labute approximate surface area is 120 Å². The van der Waals surface area contributed by atoms with E-state index in [2.05, 4.69) is 18.3 Å². The lowest BCUT2D eigenvalue weighted by atomic mass is 10.2. The average Bonchev–Trinajstić information content (AvgIpc) is 2.48. The highest BCUT2D eigenvalue weighted by Gasteiger charge is 2.00. The molecule has 0 fully saturated rings. The molecule has 20 heavy (non-hydrogen) atoms. The highest BCUT2D eigenvalue weighted by atomic mass is 16.5. The first kappa shape index (κ1) is 14.4. The summed E-state index contributed by atoms with van der Waals surface area (Å²) in [4.78, 5) is 0. The third-order valence-electron chi connectivity index (χ3n) is 3.01. The number of phenolic OH excluding ortho intramolecular Hbond substituents is 1. The summed E-state index contributed by atoms with van der Waals surface area (Å²) in [5.74, 6) is 1.24. The topological polar surface area (TPSA) is 41.5 Å². The van der Waals surface area contributed by atoms with Crippen molar-refractivity contribution in [1.82, 2.24) is 5.32 Å². The highest BCUT2D eigenvalue weighted by molar-refractivity contribution is 5.32. The fourth-order valence-corrected chi connectivity index (χ4v) is 1.97. The van der Waals surface area contributed by atoms with Gasteiger partial charge < -0.3 is 15.2 Å². The molecule has 2 aromatic carbocycles. The Morgan fingerprint density at radius 1 is 1.05 bits per heavy atom. The van der Waals surface area contributed by atoms with E-state index in [9.17, 15) is 5.11 Å². The SMILES string of the molecule is CCCOc1cccc(CNCc2ccccc2O)c1. The zero-order chi connectivity index (χ0) is 14.2. The number of hydrogen-bond donors (Lipinski definition) is 2. The number of benzene rings is 2. The number of rotatable bonds is 7. The Bertz CT molecular complexity index is 540. The van der Waals surface area contributed by atoms with Crippen molar-refractivity contribution >= 4 is 0 Å². The van der Waals surface area contributed by atoms with Gasteiger partial charge in [-0.2, -0.15) is 0 Å².